The van der Waals surface area contributed by atoms with E-state index in [1.165, 1.54) is 16.7 Å². The number of carbonyl (C=O) groups excluding carboxylic acids is 1. The molecule has 1 atom stereocenters. The number of pyridine rings is 1. The number of allylic oxidation sites excluding steroid dienone is 1. The summed E-state index contributed by atoms with van der Waals surface area (Å²) in [6.45, 7) is 6.17. The molecule has 3 heterocycles. The first-order valence-electron chi connectivity index (χ1n) is 8.67. The molecular weight excluding hydrogens is 389 g/mol. The monoisotopic (exact) mass is 408 g/mol. The van der Waals surface area contributed by atoms with E-state index in [4.69, 9.17) is 10.5 Å². The SMILES string of the molecule is C=N/C(=N\C(=C/C)N1CCO[C@@H](C(N)=O)C1)c1cnc2ccc(C(F)(F)F)cn12. The van der Waals surface area contributed by atoms with Crippen molar-refractivity contribution < 1.29 is 22.7 Å². The molecule has 3 rings (SSSR count). The fourth-order valence-corrected chi connectivity index (χ4v) is 2.94. The van der Waals surface area contributed by atoms with Crippen molar-refractivity contribution in [1.29, 1.82) is 0 Å². The minimum absolute atomic E-state index is 0.0899. The smallest absolute Gasteiger partial charge is 0.367 e. The third kappa shape index (κ3) is 4.29. The van der Waals surface area contributed by atoms with Gasteiger partial charge >= 0.3 is 6.18 Å². The number of primary amides is 1. The standard InChI is InChI=1S/C18H19F3N6O2/c1-3-14(26-6-7-29-13(10-26)16(22)28)25-17(23-2)12-8-24-15-5-4-11(9-27(12)15)18(19,20)21/h3-5,8-9,13H,2,6-7,10H2,1H3,(H2,22,28)/b14-3+,25-17-/t13-/m1/s1. The molecule has 1 aliphatic heterocycles. The molecule has 2 aromatic heterocycles. The molecule has 1 saturated heterocycles. The Bertz CT molecular complexity index is 995. The Morgan fingerprint density at radius 1 is 1.45 bits per heavy atom. The van der Waals surface area contributed by atoms with E-state index in [1.54, 1.807) is 17.9 Å². The van der Waals surface area contributed by atoms with Gasteiger partial charge in [0.25, 0.3) is 0 Å². The highest BCUT2D eigenvalue weighted by Crippen LogP contribution is 2.29. The number of hydrogen-bond donors (Lipinski definition) is 1. The molecule has 1 fully saturated rings. The van der Waals surface area contributed by atoms with Gasteiger partial charge in [0, 0.05) is 12.7 Å². The summed E-state index contributed by atoms with van der Waals surface area (Å²) in [5.74, 6) is -0.0337. The summed E-state index contributed by atoms with van der Waals surface area (Å²) in [5.41, 5.74) is 5.05. The molecule has 0 spiro atoms. The van der Waals surface area contributed by atoms with Crippen LogP contribution in [0.2, 0.25) is 0 Å². The highest BCUT2D eigenvalue weighted by atomic mass is 19.4. The van der Waals surface area contributed by atoms with E-state index in [0.29, 0.717) is 18.0 Å². The molecule has 0 aromatic carbocycles. The van der Waals surface area contributed by atoms with Gasteiger partial charge in [0.2, 0.25) is 5.91 Å². The normalized spacial score (nSPS) is 18.9. The minimum atomic E-state index is -4.50. The summed E-state index contributed by atoms with van der Waals surface area (Å²) >= 11 is 0. The van der Waals surface area contributed by atoms with E-state index < -0.39 is 23.8 Å². The highest BCUT2D eigenvalue weighted by molar-refractivity contribution is 6.01. The largest absolute Gasteiger partial charge is 0.417 e. The van der Waals surface area contributed by atoms with Gasteiger partial charge in [0.15, 0.2) is 11.9 Å². The van der Waals surface area contributed by atoms with E-state index in [-0.39, 0.29) is 24.7 Å². The molecule has 0 unspecified atom stereocenters. The van der Waals surface area contributed by atoms with Crippen molar-refractivity contribution in [2.45, 2.75) is 19.2 Å². The quantitative estimate of drug-likeness (QED) is 0.617. The molecule has 0 aliphatic carbocycles. The van der Waals surface area contributed by atoms with Crippen molar-refractivity contribution >= 4 is 24.1 Å². The lowest BCUT2D eigenvalue weighted by Gasteiger charge is -2.33. The van der Waals surface area contributed by atoms with Gasteiger partial charge < -0.3 is 15.4 Å². The summed E-state index contributed by atoms with van der Waals surface area (Å²) in [6, 6.07) is 2.22. The van der Waals surface area contributed by atoms with Gasteiger partial charge in [0.05, 0.1) is 24.9 Å². The molecule has 154 valence electrons. The average Bonchev–Trinajstić information content (AvgIpc) is 3.11. The predicted octanol–water partition coefficient (Wildman–Crippen LogP) is 1.85. The van der Waals surface area contributed by atoms with Crippen molar-refractivity contribution in [2.75, 3.05) is 19.7 Å². The number of amidine groups is 1. The van der Waals surface area contributed by atoms with Gasteiger partial charge in [0.1, 0.15) is 17.2 Å². The molecule has 1 amide bonds. The zero-order valence-corrected chi connectivity index (χ0v) is 15.6. The van der Waals surface area contributed by atoms with E-state index in [0.717, 1.165) is 12.3 Å². The Morgan fingerprint density at radius 3 is 2.83 bits per heavy atom. The fraction of sp³-hybridized carbons (Fsp3) is 0.333. The second kappa shape index (κ2) is 8.03. The third-order valence-corrected chi connectivity index (χ3v) is 4.40. The van der Waals surface area contributed by atoms with Crippen LogP contribution in [-0.4, -0.2) is 58.5 Å². The maximum atomic E-state index is 13.1. The molecule has 0 saturated carbocycles. The van der Waals surface area contributed by atoms with Crippen molar-refractivity contribution in [1.82, 2.24) is 14.3 Å². The Balaban J connectivity index is 1.98. The molecule has 0 radical (unpaired) electrons. The first-order valence-corrected chi connectivity index (χ1v) is 8.67. The van der Waals surface area contributed by atoms with Crippen LogP contribution in [0.4, 0.5) is 13.2 Å². The zero-order valence-electron chi connectivity index (χ0n) is 15.6. The van der Waals surface area contributed by atoms with Crippen LogP contribution in [0.25, 0.3) is 5.65 Å². The summed E-state index contributed by atoms with van der Waals surface area (Å²) < 4.78 is 45.8. The number of morpholine rings is 1. The van der Waals surface area contributed by atoms with Crippen LogP contribution in [0.15, 0.2) is 46.4 Å². The van der Waals surface area contributed by atoms with E-state index in [9.17, 15) is 18.0 Å². The number of imidazole rings is 1. The number of hydrogen-bond acceptors (Lipinski definition) is 5. The number of aliphatic imine (C=N–C) groups is 2. The van der Waals surface area contributed by atoms with Crippen molar-refractivity contribution in [3.05, 3.63) is 47.7 Å². The number of alkyl halides is 3. The maximum absolute atomic E-state index is 13.1. The Hall–Kier alpha value is -3.21. The summed E-state index contributed by atoms with van der Waals surface area (Å²) in [5, 5.41) is 0. The number of nitrogens with two attached hydrogens (primary N) is 1. The maximum Gasteiger partial charge on any atom is 0.417 e. The number of nitrogens with zero attached hydrogens (tertiary/aromatic N) is 5. The second-order valence-corrected chi connectivity index (χ2v) is 6.24. The third-order valence-electron chi connectivity index (χ3n) is 4.40. The van der Waals surface area contributed by atoms with Crippen LogP contribution in [0.5, 0.6) is 0 Å². The molecule has 11 heteroatoms. The van der Waals surface area contributed by atoms with Gasteiger partial charge in [-0.2, -0.15) is 13.2 Å². The number of carbonyl (C=O) groups is 1. The second-order valence-electron chi connectivity index (χ2n) is 6.24. The Labute approximate surface area is 164 Å². The van der Waals surface area contributed by atoms with Gasteiger partial charge in [-0.15, -0.1) is 0 Å². The van der Waals surface area contributed by atoms with Crippen LogP contribution in [0.3, 0.4) is 0 Å². The molecule has 2 N–H and O–H groups in total. The molecule has 8 nitrogen and oxygen atoms in total. The van der Waals surface area contributed by atoms with Crippen molar-refractivity contribution in [3.8, 4) is 0 Å². The number of halogens is 3. The predicted molar refractivity (Wildman–Crippen MR) is 101 cm³/mol. The van der Waals surface area contributed by atoms with E-state index in [1.807, 2.05) is 0 Å². The Morgan fingerprint density at radius 2 is 2.21 bits per heavy atom. The summed E-state index contributed by atoms with van der Waals surface area (Å²) in [6.07, 6.45) is -1.27. The van der Waals surface area contributed by atoms with Gasteiger partial charge in [-0.05, 0) is 31.9 Å². The molecule has 29 heavy (non-hydrogen) atoms. The number of amides is 1. The fourth-order valence-electron chi connectivity index (χ4n) is 2.94. The number of ether oxygens (including phenoxy) is 1. The first kappa shape index (κ1) is 20.5. The average molecular weight is 408 g/mol. The van der Waals surface area contributed by atoms with Crippen LogP contribution < -0.4 is 5.73 Å². The molecule has 2 aromatic rings. The zero-order chi connectivity index (χ0) is 21.2. The van der Waals surface area contributed by atoms with Crippen LogP contribution >= 0.6 is 0 Å². The number of fused-ring (bicyclic) bond motifs is 1. The Kier molecular flexibility index (Phi) is 5.69. The highest BCUT2D eigenvalue weighted by Gasteiger charge is 2.31. The lowest BCUT2D eigenvalue weighted by atomic mass is 10.2. The first-order chi connectivity index (χ1) is 13.7. The summed E-state index contributed by atoms with van der Waals surface area (Å²) in [7, 11) is 0. The van der Waals surface area contributed by atoms with Crippen LogP contribution in [-0.2, 0) is 15.7 Å². The molecule has 1 aliphatic rings. The lowest BCUT2D eigenvalue weighted by molar-refractivity contribution is -0.138. The van der Waals surface area contributed by atoms with Gasteiger partial charge in [-0.1, -0.05) is 0 Å². The van der Waals surface area contributed by atoms with Crippen molar-refractivity contribution in [3.63, 3.8) is 0 Å². The minimum Gasteiger partial charge on any atom is -0.367 e. The molecular formula is C18H19F3N6O2. The lowest BCUT2D eigenvalue weighted by Crippen LogP contribution is -2.47. The van der Waals surface area contributed by atoms with E-state index >= 15 is 0 Å². The van der Waals surface area contributed by atoms with E-state index in [2.05, 4.69) is 21.7 Å². The number of rotatable bonds is 4. The van der Waals surface area contributed by atoms with Crippen LogP contribution in [0, 0.1) is 0 Å². The summed E-state index contributed by atoms with van der Waals surface area (Å²) in [4.78, 5) is 25.6. The topological polar surface area (TPSA) is 97.6 Å². The van der Waals surface area contributed by atoms with Crippen LogP contribution in [0.1, 0.15) is 18.2 Å². The molecule has 0 bridgehead atoms. The number of aromatic nitrogens is 2. The van der Waals surface area contributed by atoms with Crippen molar-refractivity contribution in [2.24, 2.45) is 15.7 Å². The van der Waals surface area contributed by atoms with Gasteiger partial charge in [-0.3, -0.25) is 9.20 Å². The van der Waals surface area contributed by atoms with Gasteiger partial charge in [-0.25, -0.2) is 15.0 Å².